The van der Waals surface area contributed by atoms with Crippen molar-refractivity contribution < 1.29 is 0 Å². The minimum absolute atomic E-state index is 0.870. The van der Waals surface area contributed by atoms with Gasteiger partial charge in [0.15, 0.2) is 0 Å². The van der Waals surface area contributed by atoms with E-state index in [4.69, 9.17) is 20.2 Å². The molecule has 0 fully saturated rings. The largest absolute Gasteiger partial charge is 0.256 e. The van der Waals surface area contributed by atoms with Crippen molar-refractivity contribution in [2.24, 2.45) is 0 Å². The molecule has 0 aliphatic heterocycles. The second-order valence-corrected chi connectivity index (χ2v) is 14.4. The maximum absolute atomic E-state index is 4.89. The maximum atomic E-state index is 4.89. The summed E-state index contributed by atoms with van der Waals surface area (Å²) in [6.45, 7) is 0. The van der Waals surface area contributed by atoms with Crippen molar-refractivity contribution >= 4 is 23.2 Å². The third kappa shape index (κ3) is 7.49. The lowest BCUT2D eigenvalue weighted by Gasteiger charge is -2.16. The highest BCUT2D eigenvalue weighted by Crippen LogP contribution is 2.39. The van der Waals surface area contributed by atoms with Crippen LogP contribution in [-0.2, 0) is 0 Å². The van der Waals surface area contributed by atoms with Crippen LogP contribution in [0.3, 0.4) is 0 Å². The summed E-state index contributed by atoms with van der Waals surface area (Å²) in [5.74, 6) is 0. The Morgan fingerprint density at radius 1 is 0.322 bits per heavy atom. The summed E-state index contributed by atoms with van der Waals surface area (Å²) in [7, 11) is 0. The van der Waals surface area contributed by atoms with E-state index in [0.29, 0.717) is 0 Å². The molecule has 0 spiro atoms. The van der Waals surface area contributed by atoms with E-state index in [1.807, 2.05) is 73.1 Å². The molecule has 5 heteroatoms. The summed E-state index contributed by atoms with van der Waals surface area (Å²) >= 11 is 0. The van der Waals surface area contributed by atoms with Crippen LogP contribution in [0.2, 0.25) is 0 Å². The molecule has 0 N–H and O–H groups in total. The van der Waals surface area contributed by atoms with Crippen molar-refractivity contribution in [1.29, 1.82) is 0 Å². The van der Waals surface area contributed by atoms with Gasteiger partial charge in [0.1, 0.15) is 11.0 Å². The van der Waals surface area contributed by atoms with E-state index >= 15 is 0 Å². The highest BCUT2D eigenvalue weighted by molar-refractivity contribution is 5.91. The van der Waals surface area contributed by atoms with Gasteiger partial charge in [0.05, 0.1) is 17.1 Å². The van der Waals surface area contributed by atoms with Crippen LogP contribution in [0, 0.1) is 0 Å². The van der Waals surface area contributed by atoms with E-state index in [2.05, 4.69) is 152 Å². The third-order valence-electron chi connectivity index (χ3n) is 10.6. The van der Waals surface area contributed by atoms with E-state index in [9.17, 15) is 0 Å². The number of nitrogens with zero attached hydrogens (tertiary/aromatic N) is 5. The van der Waals surface area contributed by atoms with Crippen LogP contribution in [0.15, 0.2) is 213 Å². The molecule has 0 unspecified atom stereocenters. The minimum Gasteiger partial charge on any atom is -0.256 e. The van der Waals surface area contributed by atoms with Crippen molar-refractivity contribution in [3.8, 4) is 72.7 Å². The van der Waals surface area contributed by atoms with Gasteiger partial charge in [0, 0.05) is 29.1 Å². The van der Waals surface area contributed by atoms with Gasteiger partial charge in [0.25, 0.3) is 0 Å². The fourth-order valence-electron chi connectivity index (χ4n) is 7.59. The molecule has 0 atom stereocenters. The molecular weight excluding hydrogens is 719 g/mol. The number of benzene rings is 7. The van der Waals surface area contributed by atoms with Gasteiger partial charge in [-0.1, -0.05) is 158 Å². The summed E-state index contributed by atoms with van der Waals surface area (Å²) in [4.78, 5) is 11.4. The SMILES string of the molecule is C(=Cc1cc(-c2ccccc2-c2ccc(-n3nc4ccccc4n3)cc2)cc(-c2ccccc2-c2ccc(-c3ccccc3)nc2)c1)c1ccc(-c2ccccc2)nc1. The molecule has 3 heterocycles. The monoisotopic (exact) mass is 755 g/mol. The predicted octanol–water partition coefficient (Wildman–Crippen LogP) is 13.4. The summed E-state index contributed by atoms with van der Waals surface area (Å²) in [6, 6.07) is 69.5. The normalized spacial score (nSPS) is 11.3. The summed E-state index contributed by atoms with van der Waals surface area (Å²) < 4.78 is 0. The molecule has 0 saturated heterocycles. The molecule has 10 aromatic rings. The first-order valence-corrected chi connectivity index (χ1v) is 19.7. The number of fused-ring (bicyclic) bond motifs is 1. The average Bonchev–Trinajstić information content (AvgIpc) is 3.76. The lowest BCUT2D eigenvalue weighted by Crippen LogP contribution is -1.98. The number of pyridine rings is 2. The molecule has 7 aromatic carbocycles. The molecule has 3 aromatic heterocycles. The number of hydrogen-bond donors (Lipinski definition) is 0. The van der Waals surface area contributed by atoms with Crippen molar-refractivity contribution in [2.75, 3.05) is 0 Å². The Bertz CT molecular complexity index is 3030. The second kappa shape index (κ2) is 15.8. The van der Waals surface area contributed by atoms with E-state index in [1.165, 1.54) is 0 Å². The minimum atomic E-state index is 0.870. The Kier molecular flexibility index (Phi) is 9.51. The second-order valence-electron chi connectivity index (χ2n) is 14.4. The predicted molar refractivity (Wildman–Crippen MR) is 242 cm³/mol. The van der Waals surface area contributed by atoms with Gasteiger partial charge in [-0.05, 0) is 105 Å². The van der Waals surface area contributed by atoms with Crippen LogP contribution in [0.1, 0.15) is 11.1 Å². The zero-order valence-corrected chi connectivity index (χ0v) is 32.1. The summed E-state index contributed by atoms with van der Waals surface area (Å²) in [5, 5.41) is 9.39. The van der Waals surface area contributed by atoms with Gasteiger partial charge in [-0.3, -0.25) is 9.97 Å². The van der Waals surface area contributed by atoms with Gasteiger partial charge < -0.3 is 0 Å². The highest BCUT2D eigenvalue weighted by atomic mass is 15.5. The number of aromatic nitrogens is 5. The topological polar surface area (TPSA) is 56.5 Å². The first-order chi connectivity index (χ1) is 29.2. The van der Waals surface area contributed by atoms with Crippen molar-refractivity contribution in [2.45, 2.75) is 0 Å². The average molecular weight is 756 g/mol. The highest BCUT2D eigenvalue weighted by Gasteiger charge is 2.14. The summed E-state index contributed by atoms with van der Waals surface area (Å²) in [6.07, 6.45) is 8.24. The van der Waals surface area contributed by atoms with E-state index in [1.54, 1.807) is 4.80 Å². The Balaban J connectivity index is 1.05. The van der Waals surface area contributed by atoms with Crippen LogP contribution < -0.4 is 0 Å². The first kappa shape index (κ1) is 35.4. The van der Waals surface area contributed by atoms with Crippen molar-refractivity contribution in [3.63, 3.8) is 0 Å². The van der Waals surface area contributed by atoms with E-state index in [0.717, 1.165) is 94.9 Å². The Morgan fingerprint density at radius 2 is 0.780 bits per heavy atom. The summed E-state index contributed by atoms with van der Waals surface area (Å²) in [5.41, 5.74) is 17.8. The molecule has 0 aliphatic rings. The molecule has 5 nitrogen and oxygen atoms in total. The Labute approximate surface area is 343 Å². The number of hydrogen-bond acceptors (Lipinski definition) is 4. The van der Waals surface area contributed by atoms with Crippen LogP contribution in [0.25, 0.3) is 95.9 Å². The van der Waals surface area contributed by atoms with Crippen LogP contribution in [0.5, 0.6) is 0 Å². The zero-order valence-electron chi connectivity index (χ0n) is 32.1. The molecule has 278 valence electrons. The quantitative estimate of drug-likeness (QED) is 0.147. The van der Waals surface area contributed by atoms with Gasteiger partial charge in [-0.15, -0.1) is 10.2 Å². The van der Waals surface area contributed by atoms with E-state index in [-0.39, 0.29) is 0 Å². The molecule has 0 saturated carbocycles. The number of rotatable bonds is 9. The molecule has 0 amide bonds. The molecule has 10 rings (SSSR count). The fourth-order valence-corrected chi connectivity index (χ4v) is 7.59. The Morgan fingerprint density at radius 3 is 1.31 bits per heavy atom. The lowest BCUT2D eigenvalue weighted by atomic mass is 9.89. The van der Waals surface area contributed by atoms with Gasteiger partial charge in [-0.2, -0.15) is 4.80 Å². The maximum Gasteiger partial charge on any atom is 0.113 e. The van der Waals surface area contributed by atoms with Gasteiger partial charge in [-0.25, -0.2) is 0 Å². The first-order valence-electron chi connectivity index (χ1n) is 19.7. The third-order valence-corrected chi connectivity index (χ3v) is 10.6. The van der Waals surface area contributed by atoms with Crippen molar-refractivity contribution in [1.82, 2.24) is 25.0 Å². The Hall–Kier alpha value is -8.02. The molecule has 0 radical (unpaired) electrons. The van der Waals surface area contributed by atoms with Crippen LogP contribution in [0.4, 0.5) is 0 Å². The standard InChI is InChI=1S/C54H37N5/c1-3-13-41(14-4-1)51-31-25-38(36-55-51)23-24-39-33-44(35-45(34-39)50-20-10-8-18-48(50)43-28-32-52(56-37-43)42-15-5-2-6-16-42)49-19-9-7-17-47(49)40-26-29-46(30-27-40)59-57-53-21-11-12-22-54(53)58-59/h1-37H. The molecule has 59 heavy (non-hydrogen) atoms. The fraction of sp³-hybridized carbons (Fsp3) is 0. The van der Waals surface area contributed by atoms with Gasteiger partial charge in [0.2, 0.25) is 0 Å². The van der Waals surface area contributed by atoms with Crippen LogP contribution >= 0.6 is 0 Å². The van der Waals surface area contributed by atoms with E-state index < -0.39 is 0 Å². The zero-order chi connectivity index (χ0) is 39.4. The van der Waals surface area contributed by atoms with Crippen molar-refractivity contribution in [3.05, 3.63) is 224 Å². The smallest absolute Gasteiger partial charge is 0.113 e. The van der Waals surface area contributed by atoms with Crippen LogP contribution in [-0.4, -0.2) is 25.0 Å². The molecule has 0 aliphatic carbocycles. The van der Waals surface area contributed by atoms with Gasteiger partial charge >= 0.3 is 0 Å². The molecular formula is C54H37N5. The lowest BCUT2D eigenvalue weighted by molar-refractivity contribution is 0.766. The molecule has 0 bridgehead atoms.